The second-order valence-corrected chi connectivity index (χ2v) is 6.68. The third kappa shape index (κ3) is 7.82. The quantitative estimate of drug-likeness (QED) is 0.656. The maximum atomic E-state index is 11.9. The molecule has 0 radical (unpaired) electrons. The molecule has 0 aromatic heterocycles. The fraction of sp³-hybridized carbons (Fsp3) is 0.857. The molecule has 1 amide bonds. The van der Waals surface area contributed by atoms with Crippen LogP contribution in [0.1, 0.15) is 47.5 Å². The first kappa shape index (κ1) is 17.9. The highest BCUT2D eigenvalue weighted by atomic mass is 16.4. The maximum Gasteiger partial charge on any atom is 0.303 e. The van der Waals surface area contributed by atoms with E-state index >= 15 is 0 Å². The van der Waals surface area contributed by atoms with E-state index in [0.717, 1.165) is 6.42 Å². The molecule has 0 spiro atoms. The fourth-order valence-electron chi connectivity index (χ4n) is 1.90. The summed E-state index contributed by atoms with van der Waals surface area (Å²) >= 11 is 0. The Labute approximate surface area is 115 Å². The van der Waals surface area contributed by atoms with Crippen molar-refractivity contribution < 1.29 is 14.7 Å². The highest BCUT2D eigenvalue weighted by Gasteiger charge is 2.27. The predicted octanol–water partition coefficient (Wildman–Crippen LogP) is 1.61. The van der Waals surface area contributed by atoms with Gasteiger partial charge in [-0.25, -0.2) is 0 Å². The first-order chi connectivity index (χ1) is 8.54. The summed E-state index contributed by atoms with van der Waals surface area (Å²) in [5.74, 6) is -0.696. The minimum absolute atomic E-state index is 0.0476. The van der Waals surface area contributed by atoms with Gasteiger partial charge in [0.1, 0.15) is 0 Å². The summed E-state index contributed by atoms with van der Waals surface area (Å²) in [4.78, 5) is 22.7. The molecule has 0 bridgehead atoms. The average molecular weight is 272 g/mol. The number of hydrogen-bond donors (Lipinski definition) is 3. The number of aliphatic carboxylic acids is 1. The minimum atomic E-state index is -0.833. The Hall–Kier alpha value is -1.10. The molecule has 0 heterocycles. The van der Waals surface area contributed by atoms with Crippen molar-refractivity contribution in [3.63, 3.8) is 0 Å². The fourth-order valence-corrected chi connectivity index (χ4v) is 1.90. The normalized spacial score (nSPS) is 15.1. The zero-order valence-electron chi connectivity index (χ0n) is 12.7. The third-order valence-corrected chi connectivity index (χ3v) is 3.05. The topological polar surface area (TPSA) is 92.4 Å². The van der Waals surface area contributed by atoms with Crippen molar-refractivity contribution >= 4 is 11.9 Å². The number of nitrogens with two attached hydrogens (primary N) is 1. The summed E-state index contributed by atoms with van der Waals surface area (Å²) in [7, 11) is 0. The van der Waals surface area contributed by atoms with E-state index in [2.05, 4.69) is 5.32 Å². The van der Waals surface area contributed by atoms with E-state index in [9.17, 15) is 9.59 Å². The van der Waals surface area contributed by atoms with Crippen LogP contribution in [0.4, 0.5) is 0 Å². The Morgan fingerprint density at radius 2 is 1.79 bits per heavy atom. The van der Waals surface area contributed by atoms with E-state index in [4.69, 9.17) is 10.8 Å². The lowest BCUT2D eigenvalue weighted by molar-refractivity contribution is -0.138. The molecule has 0 aliphatic carbocycles. The van der Waals surface area contributed by atoms with Crippen LogP contribution >= 0.6 is 0 Å². The summed E-state index contributed by atoms with van der Waals surface area (Å²) in [6, 6.07) is -0.586. The van der Waals surface area contributed by atoms with Crippen molar-refractivity contribution in [2.75, 3.05) is 6.54 Å². The van der Waals surface area contributed by atoms with Gasteiger partial charge in [0, 0.05) is 13.0 Å². The van der Waals surface area contributed by atoms with E-state index < -0.39 is 12.0 Å². The standard InChI is InChI=1S/C14H28N2O3/c1-9(2)6-10(7-11(17)18)8-16-13(19)12(15)14(3,4)5/h9-10,12H,6-8,15H2,1-5H3,(H,16,19)(H,17,18)/t10-,12+/m0/s1. The van der Waals surface area contributed by atoms with Crippen LogP contribution in [0.15, 0.2) is 0 Å². The van der Waals surface area contributed by atoms with Gasteiger partial charge in [0.2, 0.25) is 5.91 Å². The summed E-state index contributed by atoms with van der Waals surface area (Å²) < 4.78 is 0. The molecule has 0 aliphatic rings. The summed E-state index contributed by atoms with van der Waals surface area (Å²) in [5, 5.41) is 11.6. The van der Waals surface area contributed by atoms with Gasteiger partial charge >= 0.3 is 5.97 Å². The summed E-state index contributed by atoms with van der Waals surface area (Å²) in [6.45, 7) is 10.2. The molecule has 0 saturated carbocycles. The molecule has 0 fully saturated rings. The average Bonchev–Trinajstić information content (AvgIpc) is 2.21. The molecule has 5 heteroatoms. The van der Waals surface area contributed by atoms with Gasteiger partial charge in [-0.3, -0.25) is 9.59 Å². The molecule has 0 aromatic carbocycles. The maximum absolute atomic E-state index is 11.9. The van der Waals surface area contributed by atoms with Crippen molar-refractivity contribution in [1.29, 1.82) is 0 Å². The Bertz CT molecular complexity index is 308. The lowest BCUT2D eigenvalue weighted by Gasteiger charge is -2.27. The molecule has 0 saturated heterocycles. The highest BCUT2D eigenvalue weighted by Crippen LogP contribution is 2.18. The first-order valence-electron chi connectivity index (χ1n) is 6.79. The zero-order valence-corrected chi connectivity index (χ0v) is 12.7. The minimum Gasteiger partial charge on any atom is -0.481 e. The Kier molecular flexibility index (Phi) is 7.05. The Balaban J connectivity index is 4.38. The van der Waals surface area contributed by atoms with Gasteiger partial charge in [-0.2, -0.15) is 0 Å². The van der Waals surface area contributed by atoms with Crippen molar-refractivity contribution in [1.82, 2.24) is 5.32 Å². The van der Waals surface area contributed by atoms with Crippen molar-refractivity contribution in [3.8, 4) is 0 Å². The van der Waals surface area contributed by atoms with Crippen LogP contribution in [0, 0.1) is 17.3 Å². The molecule has 5 nitrogen and oxygen atoms in total. The van der Waals surface area contributed by atoms with E-state index in [1.54, 1.807) is 0 Å². The molecular weight excluding hydrogens is 244 g/mol. The van der Waals surface area contributed by atoms with Gasteiger partial charge in [0.25, 0.3) is 0 Å². The number of carboxylic acids is 1. The van der Waals surface area contributed by atoms with Gasteiger partial charge in [-0.15, -0.1) is 0 Å². The lowest BCUT2D eigenvalue weighted by Crippen LogP contribution is -2.49. The molecule has 0 unspecified atom stereocenters. The zero-order chi connectivity index (χ0) is 15.2. The van der Waals surface area contributed by atoms with Gasteiger partial charge < -0.3 is 16.2 Å². The van der Waals surface area contributed by atoms with Gasteiger partial charge in [-0.1, -0.05) is 34.6 Å². The number of carbonyl (C=O) groups is 2. The Morgan fingerprint density at radius 3 is 2.16 bits per heavy atom. The largest absolute Gasteiger partial charge is 0.481 e. The lowest BCUT2D eigenvalue weighted by atomic mass is 9.86. The number of carbonyl (C=O) groups excluding carboxylic acids is 1. The smallest absolute Gasteiger partial charge is 0.303 e. The second kappa shape index (κ2) is 7.48. The van der Waals surface area contributed by atoms with E-state index in [1.165, 1.54) is 0 Å². The van der Waals surface area contributed by atoms with Crippen LogP contribution < -0.4 is 11.1 Å². The molecule has 0 rings (SSSR count). The van der Waals surface area contributed by atoms with Crippen molar-refractivity contribution in [2.45, 2.75) is 53.5 Å². The molecule has 4 N–H and O–H groups in total. The Morgan fingerprint density at radius 1 is 1.26 bits per heavy atom. The summed E-state index contributed by atoms with van der Waals surface area (Å²) in [6.07, 6.45) is 0.848. The predicted molar refractivity (Wildman–Crippen MR) is 75.6 cm³/mol. The molecular formula is C14H28N2O3. The number of carboxylic acid groups (broad SMARTS) is 1. The van der Waals surface area contributed by atoms with E-state index in [1.807, 2.05) is 34.6 Å². The van der Waals surface area contributed by atoms with E-state index in [0.29, 0.717) is 12.5 Å². The molecule has 0 aliphatic heterocycles. The number of hydrogen-bond acceptors (Lipinski definition) is 3. The number of amides is 1. The number of nitrogens with one attached hydrogen (secondary N) is 1. The molecule has 19 heavy (non-hydrogen) atoms. The monoisotopic (exact) mass is 272 g/mol. The van der Waals surface area contributed by atoms with Gasteiger partial charge in [0.05, 0.1) is 6.04 Å². The SMILES string of the molecule is CC(C)C[C@H](CNC(=O)[C@@H](N)C(C)(C)C)CC(=O)O. The van der Waals surface area contributed by atoms with Crippen LogP contribution in [0.25, 0.3) is 0 Å². The van der Waals surface area contributed by atoms with Crippen molar-refractivity contribution in [2.24, 2.45) is 23.0 Å². The van der Waals surface area contributed by atoms with Crippen LogP contribution in [0.2, 0.25) is 0 Å². The third-order valence-electron chi connectivity index (χ3n) is 3.05. The molecule has 112 valence electrons. The van der Waals surface area contributed by atoms with Gasteiger partial charge in [-0.05, 0) is 23.7 Å². The van der Waals surface area contributed by atoms with Crippen molar-refractivity contribution in [3.05, 3.63) is 0 Å². The van der Waals surface area contributed by atoms with Crippen LogP contribution in [0.5, 0.6) is 0 Å². The van der Waals surface area contributed by atoms with Crippen LogP contribution in [-0.2, 0) is 9.59 Å². The molecule has 0 aromatic rings. The highest BCUT2D eigenvalue weighted by molar-refractivity contribution is 5.82. The van der Waals surface area contributed by atoms with Crippen LogP contribution in [-0.4, -0.2) is 29.6 Å². The van der Waals surface area contributed by atoms with Crippen LogP contribution in [0.3, 0.4) is 0 Å². The van der Waals surface area contributed by atoms with E-state index in [-0.39, 0.29) is 23.7 Å². The summed E-state index contributed by atoms with van der Waals surface area (Å²) in [5.41, 5.74) is 5.55. The van der Waals surface area contributed by atoms with Gasteiger partial charge in [0.15, 0.2) is 0 Å². The second-order valence-electron chi connectivity index (χ2n) is 6.68. The first-order valence-corrected chi connectivity index (χ1v) is 6.79. The number of rotatable bonds is 7. The molecule has 2 atom stereocenters.